The van der Waals surface area contributed by atoms with E-state index in [9.17, 15) is 0 Å². The Kier molecular flexibility index (Phi) is 6.88. The maximum absolute atomic E-state index is 2.90. The summed E-state index contributed by atoms with van der Waals surface area (Å²) in [6.45, 7) is 0. The SMILES string of the molecule is [CH-]1CC1.[Nb+2].[c-]1cccs1. The molecule has 0 aliphatic heterocycles. The standard InChI is InChI=1S/C4H3S.C3H5.Nb/c1-2-4-5-3-1;1-2-3-1;/h1-3H;1H,2-3H2;/q2*-1;+2. The van der Waals surface area contributed by atoms with E-state index in [4.69, 9.17) is 0 Å². The number of thiophene rings is 1. The van der Waals surface area contributed by atoms with Crippen LogP contribution in [0, 0.1) is 11.8 Å². The van der Waals surface area contributed by atoms with Gasteiger partial charge in [0.15, 0.2) is 0 Å². The van der Waals surface area contributed by atoms with Crippen LogP contribution in [0.15, 0.2) is 17.5 Å². The third-order valence-electron chi connectivity index (χ3n) is 0.668. The van der Waals surface area contributed by atoms with Gasteiger partial charge in [-0.25, -0.2) is 18.9 Å². The second kappa shape index (κ2) is 6.56. The molecule has 0 saturated heterocycles. The zero-order valence-electron chi connectivity index (χ0n) is 5.08. The Hall–Kier alpha value is 0.440. The molecule has 9 heavy (non-hydrogen) atoms. The van der Waals surface area contributed by atoms with Crippen LogP contribution in [0.1, 0.15) is 12.8 Å². The Labute approximate surface area is 75.8 Å². The van der Waals surface area contributed by atoms with E-state index in [1.165, 1.54) is 12.8 Å². The predicted octanol–water partition coefficient (Wildman–Crippen LogP) is 2.53. The van der Waals surface area contributed by atoms with Crippen LogP contribution >= 0.6 is 11.3 Å². The minimum Gasteiger partial charge on any atom is -0.333 e. The van der Waals surface area contributed by atoms with Crippen molar-refractivity contribution in [3.05, 3.63) is 29.3 Å². The molecule has 0 bridgehead atoms. The molecule has 0 unspecified atom stereocenters. The first kappa shape index (κ1) is 9.44. The summed E-state index contributed by atoms with van der Waals surface area (Å²) in [6.07, 6.45) is 5.00. The molecular weight excluding hydrogens is 209 g/mol. The van der Waals surface area contributed by atoms with E-state index in [1.807, 2.05) is 17.5 Å². The van der Waals surface area contributed by atoms with Gasteiger partial charge in [-0.15, -0.1) is 5.38 Å². The Bertz CT molecular complexity index is 92.5. The van der Waals surface area contributed by atoms with E-state index < -0.39 is 0 Å². The molecule has 0 aromatic carbocycles. The molecule has 0 atom stereocenters. The minimum absolute atomic E-state index is 0. The molecule has 2 rings (SSSR count). The Morgan fingerprint density at radius 3 is 2.22 bits per heavy atom. The van der Waals surface area contributed by atoms with Crippen molar-refractivity contribution < 1.29 is 22.4 Å². The molecule has 0 nitrogen and oxygen atoms in total. The summed E-state index contributed by atoms with van der Waals surface area (Å²) in [5, 5.41) is 4.89. The van der Waals surface area contributed by atoms with Gasteiger partial charge >= 0.3 is 22.4 Å². The smallest absolute Gasteiger partial charge is 0.333 e. The molecule has 0 N–H and O–H groups in total. The van der Waals surface area contributed by atoms with Crippen LogP contribution in [0.25, 0.3) is 0 Å². The first-order valence-electron chi connectivity index (χ1n) is 2.71. The number of hydrogen-bond donors (Lipinski definition) is 0. The van der Waals surface area contributed by atoms with E-state index in [-0.39, 0.29) is 22.4 Å². The quantitative estimate of drug-likeness (QED) is 0.462. The van der Waals surface area contributed by atoms with Crippen LogP contribution in [-0.4, -0.2) is 0 Å². The van der Waals surface area contributed by atoms with E-state index >= 15 is 0 Å². The maximum atomic E-state index is 2.90. The van der Waals surface area contributed by atoms with Gasteiger partial charge in [0.1, 0.15) is 0 Å². The molecule has 1 saturated carbocycles. The molecule has 0 amide bonds. The molecule has 1 heterocycles. The third-order valence-corrected chi connectivity index (χ3v) is 1.23. The van der Waals surface area contributed by atoms with Gasteiger partial charge in [-0.2, -0.15) is 11.4 Å². The molecule has 1 aliphatic rings. The van der Waals surface area contributed by atoms with Gasteiger partial charge in [0.05, 0.1) is 0 Å². The topological polar surface area (TPSA) is 0 Å². The predicted molar refractivity (Wildman–Crippen MR) is 36.7 cm³/mol. The van der Waals surface area contributed by atoms with E-state index in [0.29, 0.717) is 0 Å². The Morgan fingerprint density at radius 1 is 1.44 bits per heavy atom. The van der Waals surface area contributed by atoms with E-state index in [2.05, 4.69) is 11.8 Å². The summed E-state index contributed by atoms with van der Waals surface area (Å²) in [7, 11) is 0. The average Bonchev–Trinajstić information content (AvgIpc) is 2.55. The summed E-state index contributed by atoms with van der Waals surface area (Å²) in [6, 6.07) is 3.86. The van der Waals surface area contributed by atoms with Crippen LogP contribution < -0.4 is 0 Å². The molecule has 1 aliphatic carbocycles. The summed E-state index contributed by atoms with van der Waals surface area (Å²) in [5.74, 6) is 0. The van der Waals surface area contributed by atoms with Gasteiger partial charge in [0.2, 0.25) is 0 Å². The van der Waals surface area contributed by atoms with Gasteiger partial charge in [0, 0.05) is 0 Å². The Balaban J connectivity index is 0.000000140. The summed E-state index contributed by atoms with van der Waals surface area (Å²) < 4.78 is 0. The Morgan fingerprint density at radius 2 is 2.11 bits per heavy atom. The van der Waals surface area contributed by atoms with Gasteiger partial charge in [0.25, 0.3) is 0 Å². The van der Waals surface area contributed by atoms with Crippen molar-refractivity contribution in [1.29, 1.82) is 0 Å². The first-order valence-corrected chi connectivity index (χ1v) is 3.59. The average molecular weight is 217 g/mol. The van der Waals surface area contributed by atoms with Crippen molar-refractivity contribution in [1.82, 2.24) is 0 Å². The van der Waals surface area contributed by atoms with Crippen molar-refractivity contribution in [2.45, 2.75) is 12.8 Å². The van der Waals surface area contributed by atoms with Crippen molar-refractivity contribution in [2.24, 2.45) is 0 Å². The van der Waals surface area contributed by atoms with Gasteiger partial charge in [-0.1, -0.05) is 0 Å². The first-order chi connectivity index (χ1) is 4.00. The number of rotatable bonds is 0. The fourth-order valence-electron chi connectivity index (χ4n) is 0.196. The van der Waals surface area contributed by atoms with Crippen molar-refractivity contribution >= 4 is 11.3 Å². The van der Waals surface area contributed by atoms with Crippen LogP contribution in [-0.2, 0) is 22.4 Å². The zero-order valence-corrected chi connectivity index (χ0v) is 8.09. The second-order valence-electron chi connectivity index (χ2n) is 1.60. The zero-order chi connectivity index (χ0) is 5.66. The van der Waals surface area contributed by atoms with Gasteiger partial charge < -0.3 is 17.8 Å². The van der Waals surface area contributed by atoms with Gasteiger partial charge in [-0.3, -0.25) is 0 Å². The second-order valence-corrected chi connectivity index (χ2v) is 2.34. The molecule has 1 radical (unpaired) electrons. The molecule has 1 aromatic rings. The van der Waals surface area contributed by atoms with Crippen molar-refractivity contribution in [3.8, 4) is 0 Å². The fourth-order valence-corrected chi connectivity index (χ4v) is 0.589. The normalized spacial score (nSPS) is 12.4. The largest absolute Gasteiger partial charge is 2.00 e. The number of hydrogen-bond acceptors (Lipinski definition) is 1. The monoisotopic (exact) mass is 217 g/mol. The molecule has 1 fully saturated rings. The van der Waals surface area contributed by atoms with E-state index in [0.717, 1.165) is 0 Å². The molecular formula is C7H8NbS. The van der Waals surface area contributed by atoms with E-state index in [1.54, 1.807) is 11.3 Å². The van der Waals surface area contributed by atoms with Crippen LogP contribution in [0.5, 0.6) is 0 Å². The summed E-state index contributed by atoms with van der Waals surface area (Å²) in [4.78, 5) is 0. The van der Waals surface area contributed by atoms with Crippen LogP contribution in [0.4, 0.5) is 0 Å². The van der Waals surface area contributed by atoms with Gasteiger partial charge in [-0.05, 0) is 0 Å². The minimum atomic E-state index is 0. The third kappa shape index (κ3) is 8.44. The maximum Gasteiger partial charge on any atom is 2.00 e. The summed E-state index contributed by atoms with van der Waals surface area (Å²) >= 11 is 1.59. The van der Waals surface area contributed by atoms with Crippen LogP contribution in [0.2, 0.25) is 0 Å². The van der Waals surface area contributed by atoms with Crippen LogP contribution in [0.3, 0.4) is 0 Å². The van der Waals surface area contributed by atoms with Crippen molar-refractivity contribution in [3.63, 3.8) is 0 Å². The molecule has 2 heteroatoms. The molecule has 0 spiro atoms. The fraction of sp³-hybridized carbons (Fsp3) is 0.286. The molecule has 47 valence electrons. The van der Waals surface area contributed by atoms with Crippen molar-refractivity contribution in [2.75, 3.05) is 0 Å². The molecule has 1 aromatic heterocycles. The summed E-state index contributed by atoms with van der Waals surface area (Å²) in [5.41, 5.74) is 0.